The maximum atomic E-state index is 11.8. The number of hydrogen-bond donors (Lipinski definition) is 2. The lowest BCUT2D eigenvalue weighted by Crippen LogP contribution is -2.35. The van der Waals surface area contributed by atoms with E-state index in [1.807, 2.05) is 20.8 Å². The number of hydrogen-bond acceptors (Lipinski definition) is 5. The van der Waals surface area contributed by atoms with Crippen molar-refractivity contribution in [3.8, 4) is 0 Å². The summed E-state index contributed by atoms with van der Waals surface area (Å²) in [6, 6.07) is 1.80. The van der Waals surface area contributed by atoms with Crippen molar-refractivity contribution in [1.82, 2.24) is 10.2 Å². The highest BCUT2D eigenvalue weighted by molar-refractivity contribution is 7.10. The lowest BCUT2D eigenvalue weighted by molar-refractivity contribution is 0.0297. The number of rotatable bonds is 7. The summed E-state index contributed by atoms with van der Waals surface area (Å²) in [6.45, 7) is 7.63. The molecule has 0 saturated heterocycles. The Morgan fingerprint density at radius 2 is 2.09 bits per heavy atom. The van der Waals surface area contributed by atoms with E-state index in [0.29, 0.717) is 18.7 Å². The summed E-state index contributed by atoms with van der Waals surface area (Å²) in [5, 5.41) is 5.04. The molecule has 2 amide bonds. The van der Waals surface area contributed by atoms with E-state index < -0.39 is 11.5 Å². The number of nitrogens with one attached hydrogen (secondary N) is 1. The van der Waals surface area contributed by atoms with Crippen molar-refractivity contribution in [2.24, 2.45) is 5.73 Å². The Balaban J connectivity index is 2.19. The van der Waals surface area contributed by atoms with Gasteiger partial charge in [0.1, 0.15) is 5.60 Å². The molecule has 0 aliphatic carbocycles. The smallest absolute Gasteiger partial charge is 0.410 e. The molecule has 1 aromatic rings. The summed E-state index contributed by atoms with van der Waals surface area (Å²) < 4.78 is 5.28. The first kappa shape index (κ1) is 18.4. The van der Waals surface area contributed by atoms with Crippen LogP contribution in [0.15, 0.2) is 11.4 Å². The van der Waals surface area contributed by atoms with Crippen LogP contribution in [0.25, 0.3) is 0 Å². The van der Waals surface area contributed by atoms with Gasteiger partial charge < -0.3 is 20.7 Å². The van der Waals surface area contributed by atoms with Gasteiger partial charge >= 0.3 is 6.09 Å². The summed E-state index contributed by atoms with van der Waals surface area (Å²) in [7, 11) is 1.73. The molecule has 1 heterocycles. The second-order valence-corrected chi connectivity index (χ2v) is 7.09. The standard InChI is InChI=1S/C15H25N3O3S/c1-15(2,3)21-14(20)18(4)7-5-6-17-9-12-8-11(10-22-12)13(16)19/h8,10,17H,5-7,9H2,1-4H3,(H2,16,19). The Morgan fingerprint density at radius 1 is 1.41 bits per heavy atom. The fraction of sp³-hybridized carbons (Fsp3) is 0.600. The monoisotopic (exact) mass is 327 g/mol. The number of thiophene rings is 1. The zero-order valence-corrected chi connectivity index (χ0v) is 14.5. The van der Waals surface area contributed by atoms with Crippen LogP contribution in [0.4, 0.5) is 4.79 Å². The normalized spacial score (nSPS) is 11.3. The Kier molecular flexibility index (Phi) is 6.83. The van der Waals surface area contributed by atoms with Crippen molar-refractivity contribution in [3.63, 3.8) is 0 Å². The molecule has 1 aromatic heterocycles. The Bertz CT molecular complexity index is 508. The number of primary amides is 1. The minimum Gasteiger partial charge on any atom is -0.444 e. The summed E-state index contributed by atoms with van der Waals surface area (Å²) >= 11 is 1.51. The van der Waals surface area contributed by atoms with E-state index in [1.165, 1.54) is 11.3 Å². The zero-order valence-electron chi connectivity index (χ0n) is 13.6. The van der Waals surface area contributed by atoms with Gasteiger partial charge in [0.05, 0.1) is 5.56 Å². The van der Waals surface area contributed by atoms with Gasteiger partial charge in [0.2, 0.25) is 5.91 Å². The van der Waals surface area contributed by atoms with Gasteiger partial charge in [-0.25, -0.2) is 4.79 Å². The molecule has 0 aliphatic heterocycles. The number of nitrogens with two attached hydrogens (primary N) is 1. The Labute approximate surface area is 135 Å². The summed E-state index contributed by atoms with van der Waals surface area (Å²) in [5.74, 6) is -0.401. The average molecular weight is 327 g/mol. The van der Waals surface area contributed by atoms with E-state index >= 15 is 0 Å². The molecular formula is C15H25N3O3S. The summed E-state index contributed by atoms with van der Waals surface area (Å²) in [5.41, 5.74) is 5.28. The third kappa shape index (κ3) is 6.91. The third-order valence-corrected chi connectivity index (χ3v) is 3.73. The number of carbonyl (C=O) groups is 2. The second-order valence-electron chi connectivity index (χ2n) is 6.10. The fourth-order valence-electron chi connectivity index (χ4n) is 1.69. The minimum absolute atomic E-state index is 0.308. The van der Waals surface area contributed by atoms with E-state index in [-0.39, 0.29) is 6.09 Å². The zero-order chi connectivity index (χ0) is 16.8. The van der Waals surface area contributed by atoms with E-state index in [2.05, 4.69) is 5.32 Å². The average Bonchev–Trinajstić information content (AvgIpc) is 2.85. The molecule has 0 spiro atoms. The minimum atomic E-state index is -0.471. The Hall–Kier alpha value is -1.60. The highest BCUT2D eigenvalue weighted by Crippen LogP contribution is 2.13. The molecule has 0 radical (unpaired) electrons. The van der Waals surface area contributed by atoms with Gasteiger partial charge in [0, 0.05) is 30.4 Å². The molecule has 124 valence electrons. The number of ether oxygens (including phenoxy) is 1. The van der Waals surface area contributed by atoms with Gasteiger partial charge in [-0.2, -0.15) is 0 Å². The fourth-order valence-corrected chi connectivity index (χ4v) is 2.53. The van der Waals surface area contributed by atoms with Crippen LogP contribution in [0, 0.1) is 0 Å². The molecular weight excluding hydrogens is 302 g/mol. The van der Waals surface area contributed by atoms with Gasteiger partial charge in [-0.15, -0.1) is 11.3 Å². The van der Waals surface area contributed by atoms with Crippen LogP contribution in [-0.2, 0) is 11.3 Å². The van der Waals surface area contributed by atoms with Crippen LogP contribution in [-0.4, -0.2) is 42.6 Å². The van der Waals surface area contributed by atoms with Crippen molar-refractivity contribution in [3.05, 3.63) is 21.9 Å². The number of carbonyl (C=O) groups excluding carboxylic acids is 2. The van der Waals surface area contributed by atoms with E-state index in [0.717, 1.165) is 17.8 Å². The first-order chi connectivity index (χ1) is 10.2. The largest absolute Gasteiger partial charge is 0.444 e. The molecule has 1 rings (SSSR count). The van der Waals surface area contributed by atoms with Gasteiger partial charge in [0.25, 0.3) is 0 Å². The first-order valence-corrected chi connectivity index (χ1v) is 8.09. The third-order valence-electron chi connectivity index (χ3n) is 2.79. The predicted molar refractivity (Wildman–Crippen MR) is 88.0 cm³/mol. The van der Waals surface area contributed by atoms with Crippen molar-refractivity contribution in [1.29, 1.82) is 0 Å². The molecule has 22 heavy (non-hydrogen) atoms. The molecule has 0 fully saturated rings. The highest BCUT2D eigenvalue weighted by Gasteiger charge is 2.18. The molecule has 7 heteroatoms. The van der Waals surface area contributed by atoms with Crippen LogP contribution in [0.3, 0.4) is 0 Å². The number of nitrogens with zero attached hydrogens (tertiary/aromatic N) is 1. The van der Waals surface area contributed by atoms with Gasteiger partial charge in [-0.3, -0.25) is 4.79 Å². The number of amides is 2. The quantitative estimate of drug-likeness (QED) is 0.752. The topological polar surface area (TPSA) is 84.7 Å². The van der Waals surface area contributed by atoms with Crippen LogP contribution >= 0.6 is 11.3 Å². The van der Waals surface area contributed by atoms with Crippen LogP contribution in [0.1, 0.15) is 42.4 Å². The van der Waals surface area contributed by atoms with Crippen molar-refractivity contribution in [2.75, 3.05) is 20.1 Å². The van der Waals surface area contributed by atoms with E-state index in [4.69, 9.17) is 10.5 Å². The maximum Gasteiger partial charge on any atom is 0.410 e. The lowest BCUT2D eigenvalue weighted by atomic mass is 10.2. The van der Waals surface area contributed by atoms with Crippen LogP contribution in [0.2, 0.25) is 0 Å². The van der Waals surface area contributed by atoms with E-state index in [1.54, 1.807) is 23.4 Å². The van der Waals surface area contributed by atoms with E-state index in [9.17, 15) is 9.59 Å². The highest BCUT2D eigenvalue weighted by atomic mass is 32.1. The molecule has 0 saturated carbocycles. The summed E-state index contributed by atoms with van der Waals surface area (Å²) in [4.78, 5) is 25.4. The SMILES string of the molecule is CN(CCCNCc1cc(C(N)=O)cs1)C(=O)OC(C)(C)C. The maximum absolute atomic E-state index is 11.8. The molecule has 0 aromatic carbocycles. The predicted octanol–water partition coefficient (Wildman–Crippen LogP) is 2.19. The molecule has 0 aliphatic rings. The molecule has 3 N–H and O–H groups in total. The van der Waals surface area contributed by atoms with Gasteiger partial charge in [-0.05, 0) is 39.8 Å². The molecule has 0 bridgehead atoms. The molecule has 0 unspecified atom stereocenters. The summed E-state index contributed by atoms with van der Waals surface area (Å²) in [6.07, 6.45) is 0.515. The van der Waals surface area contributed by atoms with Gasteiger partial charge in [-0.1, -0.05) is 0 Å². The van der Waals surface area contributed by atoms with Crippen molar-refractivity contribution < 1.29 is 14.3 Å². The van der Waals surface area contributed by atoms with Crippen LogP contribution in [0.5, 0.6) is 0 Å². The molecule has 0 atom stereocenters. The lowest BCUT2D eigenvalue weighted by Gasteiger charge is -2.24. The van der Waals surface area contributed by atoms with Gasteiger partial charge in [0.15, 0.2) is 0 Å². The van der Waals surface area contributed by atoms with Crippen molar-refractivity contribution >= 4 is 23.3 Å². The Morgan fingerprint density at radius 3 is 2.64 bits per heavy atom. The molecule has 6 nitrogen and oxygen atoms in total. The second kappa shape index (κ2) is 8.14. The van der Waals surface area contributed by atoms with Crippen LogP contribution < -0.4 is 11.1 Å². The first-order valence-electron chi connectivity index (χ1n) is 7.21. The van der Waals surface area contributed by atoms with Crippen molar-refractivity contribution in [2.45, 2.75) is 39.3 Å².